The molecule has 1 rings (SSSR count). The molecule has 1 heterocycles. The van der Waals surface area contributed by atoms with Crippen molar-refractivity contribution in [2.24, 2.45) is 0 Å². The van der Waals surface area contributed by atoms with Crippen LogP contribution in [0.4, 0.5) is 0 Å². The van der Waals surface area contributed by atoms with Crippen molar-refractivity contribution >= 4 is 0 Å². The first-order chi connectivity index (χ1) is 6.54. The molecule has 0 saturated heterocycles. The number of aliphatic hydroxyl groups is 1. The Morgan fingerprint density at radius 2 is 1.86 bits per heavy atom. The smallest absolute Gasteiger partial charge is 0.316 e. The average Bonchev–Trinajstić information content (AvgIpc) is 2.14. The maximum absolute atomic E-state index is 8.53. The molecule has 0 atom stereocenters. The summed E-state index contributed by atoms with van der Waals surface area (Å²) < 4.78 is 5.05. The van der Waals surface area contributed by atoms with Crippen molar-refractivity contribution in [1.82, 2.24) is 9.97 Å². The van der Waals surface area contributed by atoms with Crippen LogP contribution in [0.5, 0.6) is 6.01 Å². The fourth-order valence-corrected chi connectivity index (χ4v) is 0.915. The van der Waals surface area contributed by atoms with Crippen LogP contribution in [0.25, 0.3) is 0 Å². The van der Waals surface area contributed by atoms with E-state index in [0.29, 0.717) is 6.01 Å². The second-order valence-corrected chi connectivity index (χ2v) is 4.08. The van der Waals surface area contributed by atoms with E-state index in [2.05, 4.69) is 30.7 Å². The molecule has 0 amide bonds. The van der Waals surface area contributed by atoms with E-state index >= 15 is 0 Å². The Morgan fingerprint density at radius 1 is 1.29 bits per heavy atom. The van der Waals surface area contributed by atoms with Crippen LogP contribution in [-0.4, -0.2) is 28.3 Å². The highest BCUT2D eigenvalue weighted by Crippen LogP contribution is 2.20. The van der Waals surface area contributed by atoms with Gasteiger partial charge in [0.25, 0.3) is 0 Å². The zero-order valence-electron chi connectivity index (χ0n) is 8.82. The molecule has 4 heteroatoms. The van der Waals surface area contributed by atoms with Gasteiger partial charge in [0.05, 0.1) is 6.61 Å². The molecule has 0 saturated carbocycles. The molecule has 0 aliphatic carbocycles. The maximum atomic E-state index is 8.53. The minimum Gasteiger partial charge on any atom is -0.461 e. The van der Waals surface area contributed by atoms with Crippen LogP contribution < -0.4 is 4.74 Å². The van der Waals surface area contributed by atoms with E-state index in [4.69, 9.17) is 9.84 Å². The van der Waals surface area contributed by atoms with E-state index in [1.54, 1.807) is 12.4 Å². The Kier molecular flexibility index (Phi) is 3.41. The lowest BCUT2D eigenvalue weighted by molar-refractivity contribution is 0.191. The molecule has 1 aromatic rings. The number of nitrogens with zero attached hydrogens (tertiary/aromatic N) is 2. The maximum Gasteiger partial charge on any atom is 0.316 e. The summed E-state index contributed by atoms with van der Waals surface area (Å²) in [7, 11) is 0. The van der Waals surface area contributed by atoms with E-state index in [0.717, 1.165) is 5.56 Å². The van der Waals surface area contributed by atoms with Gasteiger partial charge in [-0.2, -0.15) is 0 Å². The number of aliphatic hydroxyl groups excluding tert-OH is 1. The summed E-state index contributed by atoms with van der Waals surface area (Å²) in [5, 5.41) is 8.53. The van der Waals surface area contributed by atoms with Crippen LogP contribution in [0.3, 0.4) is 0 Å². The van der Waals surface area contributed by atoms with Gasteiger partial charge in [0.2, 0.25) is 0 Å². The van der Waals surface area contributed by atoms with Crippen molar-refractivity contribution in [2.45, 2.75) is 26.2 Å². The van der Waals surface area contributed by atoms with Crippen molar-refractivity contribution in [2.75, 3.05) is 13.2 Å². The quantitative estimate of drug-likeness (QED) is 0.787. The van der Waals surface area contributed by atoms with Gasteiger partial charge in [-0.05, 0) is 11.0 Å². The van der Waals surface area contributed by atoms with Gasteiger partial charge in [0, 0.05) is 12.4 Å². The molecule has 0 spiro atoms. The van der Waals surface area contributed by atoms with Gasteiger partial charge in [-0.25, -0.2) is 9.97 Å². The molecule has 0 radical (unpaired) electrons. The van der Waals surface area contributed by atoms with Gasteiger partial charge in [-0.1, -0.05) is 20.8 Å². The minimum atomic E-state index is -0.0234. The summed E-state index contributed by atoms with van der Waals surface area (Å²) in [4.78, 5) is 8.08. The topological polar surface area (TPSA) is 55.2 Å². The van der Waals surface area contributed by atoms with Crippen LogP contribution in [0.15, 0.2) is 12.4 Å². The van der Waals surface area contributed by atoms with E-state index in [9.17, 15) is 0 Å². The average molecular weight is 196 g/mol. The first-order valence-electron chi connectivity index (χ1n) is 4.60. The van der Waals surface area contributed by atoms with Crippen LogP contribution in [-0.2, 0) is 5.41 Å². The van der Waals surface area contributed by atoms with Gasteiger partial charge in [-0.3, -0.25) is 0 Å². The fraction of sp³-hybridized carbons (Fsp3) is 0.600. The van der Waals surface area contributed by atoms with Gasteiger partial charge in [0.15, 0.2) is 0 Å². The predicted molar refractivity (Wildman–Crippen MR) is 53.3 cm³/mol. The zero-order valence-corrected chi connectivity index (χ0v) is 8.82. The van der Waals surface area contributed by atoms with Gasteiger partial charge in [-0.15, -0.1) is 0 Å². The number of rotatable bonds is 3. The van der Waals surface area contributed by atoms with Crippen LogP contribution in [0.1, 0.15) is 26.3 Å². The Morgan fingerprint density at radius 3 is 2.29 bits per heavy atom. The molecule has 0 fully saturated rings. The van der Waals surface area contributed by atoms with Crippen molar-refractivity contribution in [1.29, 1.82) is 0 Å². The molecule has 0 aromatic carbocycles. The van der Waals surface area contributed by atoms with Crippen molar-refractivity contribution in [3.8, 4) is 6.01 Å². The van der Waals surface area contributed by atoms with E-state index < -0.39 is 0 Å². The fourth-order valence-electron chi connectivity index (χ4n) is 0.915. The summed E-state index contributed by atoms with van der Waals surface area (Å²) in [6.45, 7) is 6.50. The molecule has 14 heavy (non-hydrogen) atoms. The first kappa shape index (κ1) is 10.9. The standard InChI is InChI=1S/C10H16N2O2/c1-10(2,3)8-6-11-9(12-7-8)14-5-4-13/h6-7,13H,4-5H2,1-3H3. The molecule has 0 bridgehead atoms. The normalized spacial score (nSPS) is 11.4. The molecule has 1 aromatic heterocycles. The van der Waals surface area contributed by atoms with E-state index in [1.807, 2.05) is 0 Å². The summed E-state index contributed by atoms with van der Waals surface area (Å²) in [5.41, 5.74) is 1.11. The molecule has 1 N–H and O–H groups in total. The second-order valence-electron chi connectivity index (χ2n) is 4.08. The number of aromatic nitrogens is 2. The third-order valence-corrected chi connectivity index (χ3v) is 1.82. The molecular formula is C10H16N2O2. The number of hydrogen-bond donors (Lipinski definition) is 1. The first-order valence-corrected chi connectivity index (χ1v) is 4.60. The largest absolute Gasteiger partial charge is 0.461 e. The zero-order chi connectivity index (χ0) is 10.6. The van der Waals surface area contributed by atoms with Gasteiger partial charge < -0.3 is 9.84 Å². The molecule has 0 aliphatic heterocycles. The Balaban J connectivity index is 2.69. The summed E-state index contributed by atoms with van der Waals surface area (Å²) in [5.74, 6) is 0. The molecular weight excluding hydrogens is 180 g/mol. The van der Waals surface area contributed by atoms with Crippen LogP contribution in [0, 0.1) is 0 Å². The van der Waals surface area contributed by atoms with Crippen LogP contribution in [0.2, 0.25) is 0 Å². The number of hydrogen-bond acceptors (Lipinski definition) is 4. The van der Waals surface area contributed by atoms with Gasteiger partial charge >= 0.3 is 6.01 Å². The minimum absolute atomic E-state index is 0.0234. The number of ether oxygens (including phenoxy) is 1. The predicted octanol–water partition coefficient (Wildman–Crippen LogP) is 1.15. The van der Waals surface area contributed by atoms with Crippen molar-refractivity contribution in [3.05, 3.63) is 18.0 Å². The highest BCUT2D eigenvalue weighted by molar-refractivity contribution is 5.16. The third kappa shape index (κ3) is 2.96. The highest BCUT2D eigenvalue weighted by Gasteiger charge is 2.14. The highest BCUT2D eigenvalue weighted by atomic mass is 16.5. The van der Waals surface area contributed by atoms with Gasteiger partial charge in [0.1, 0.15) is 6.61 Å². The van der Waals surface area contributed by atoms with E-state index in [1.165, 1.54) is 0 Å². The Bertz CT molecular complexity index is 277. The second kappa shape index (κ2) is 4.37. The van der Waals surface area contributed by atoms with Crippen molar-refractivity contribution < 1.29 is 9.84 Å². The summed E-state index contributed by atoms with van der Waals surface area (Å²) >= 11 is 0. The third-order valence-electron chi connectivity index (χ3n) is 1.82. The molecule has 78 valence electrons. The van der Waals surface area contributed by atoms with Crippen LogP contribution >= 0.6 is 0 Å². The SMILES string of the molecule is CC(C)(C)c1cnc(OCCO)nc1. The summed E-state index contributed by atoms with van der Waals surface area (Å²) in [6, 6.07) is 0.312. The monoisotopic (exact) mass is 196 g/mol. The Hall–Kier alpha value is -1.16. The lowest BCUT2D eigenvalue weighted by Gasteiger charge is -2.17. The Labute approximate surface area is 84.0 Å². The molecule has 0 aliphatic rings. The molecule has 0 unspecified atom stereocenters. The van der Waals surface area contributed by atoms with E-state index in [-0.39, 0.29) is 18.6 Å². The van der Waals surface area contributed by atoms with Crippen molar-refractivity contribution in [3.63, 3.8) is 0 Å². The lowest BCUT2D eigenvalue weighted by Crippen LogP contribution is -2.13. The lowest BCUT2D eigenvalue weighted by atomic mass is 9.89. The molecule has 4 nitrogen and oxygen atoms in total. The summed E-state index contributed by atoms with van der Waals surface area (Å²) in [6.07, 6.45) is 3.50.